The maximum absolute atomic E-state index is 6.31. The maximum Gasteiger partial charge on any atom is 0.0558 e. The van der Waals surface area contributed by atoms with Gasteiger partial charge in [0.05, 0.1) is 13.2 Å². The molecule has 1 atom stereocenters. The van der Waals surface area contributed by atoms with Crippen LogP contribution < -0.4 is 16.8 Å². The van der Waals surface area contributed by atoms with Gasteiger partial charge in [0.1, 0.15) is 0 Å². The van der Waals surface area contributed by atoms with Gasteiger partial charge in [-0.05, 0) is 24.6 Å². The van der Waals surface area contributed by atoms with Gasteiger partial charge in [0.25, 0.3) is 0 Å². The molecular weight excluding hydrogens is 214 g/mol. The minimum Gasteiger partial charge on any atom is -0.398 e. The zero-order valence-electron chi connectivity index (χ0n) is 9.91. The van der Waals surface area contributed by atoms with E-state index in [0.717, 1.165) is 49.7 Å². The number of nitrogen functional groups attached to an aromatic ring is 2. The predicted molar refractivity (Wildman–Crippen MR) is 69.1 cm³/mol. The molecule has 3 rings (SSSR count). The number of anilines is 2. The van der Waals surface area contributed by atoms with Crippen molar-refractivity contribution in [1.82, 2.24) is 5.32 Å². The fourth-order valence-electron chi connectivity index (χ4n) is 2.80. The van der Waals surface area contributed by atoms with Gasteiger partial charge in [0.2, 0.25) is 0 Å². The highest BCUT2D eigenvalue weighted by atomic mass is 16.5. The van der Waals surface area contributed by atoms with Crippen molar-refractivity contribution in [3.05, 3.63) is 23.3 Å². The Labute approximate surface area is 101 Å². The number of nitrogens with two attached hydrogens (primary N) is 2. The first-order valence-corrected chi connectivity index (χ1v) is 6.23. The van der Waals surface area contributed by atoms with Crippen LogP contribution in [0.15, 0.2) is 12.1 Å². The van der Waals surface area contributed by atoms with Crippen LogP contribution in [0.4, 0.5) is 11.4 Å². The van der Waals surface area contributed by atoms with Gasteiger partial charge in [-0.25, -0.2) is 0 Å². The summed E-state index contributed by atoms with van der Waals surface area (Å²) in [5.74, 6) is 0.930. The molecule has 0 aliphatic carbocycles. The highest BCUT2D eigenvalue weighted by Gasteiger charge is 2.27. The average molecular weight is 233 g/mol. The van der Waals surface area contributed by atoms with Crippen LogP contribution >= 0.6 is 0 Å². The molecule has 0 spiro atoms. The van der Waals surface area contributed by atoms with E-state index in [4.69, 9.17) is 16.2 Å². The summed E-state index contributed by atoms with van der Waals surface area (Å²) < 4.78 is 5.24. The number of ether oxygens (including phenoxy) is 1. The van der Waals surface area contributed by atoms with E-state index in [0.29, 0.717) is 11.8 Å². The molecule has 0 aromatic heterocycles. The van der Waals surface area contributed by atoms with Gasteiger partial charge in [-0.1, -0.05) is 6.07 Å². The summed E-state index contributed by atoms with van der Waals surface area (Å²) in [6.45, 7) is 3.62. The highest BCUT2D eigenvalue weighted by Crippen LogP contribution is 2.38. The van der Waals surface area contributed by atoms with Crippen molar-refractivity contribution in [2.45, 2.75) is 18.3 Å². The van der Waals surface area contributed by atoms with E-state index < -0.39 is 0 Å². The first kappa shape index (κ1) is 10.9. The summed E-state index contributed by atoms with van der Waals surface area (Å²) in [5.41, 5.74) is 16.5. The van der Waals surface area contributed by atoms with Crippen molar-refractivity contribution in [2.24, 2.45) is 0 Å². The second kappa shape index (κ2) is 4.20. The Morgan fingerprint density at radius 2 is 2.00 bits per heavy atom. The second-order valence-corrected chi connectivity index (χ2v) is 5.00. The van der Waals surface area contributed by atoms with E-state index in [1.807, 2.05) is 6.07 Å². The number of nitrogens with one attached hydrogen (secondary N) is 1. The molecule has 1 aromatic carbocycles. The van der Waals surface area contributed by atoms with Crippen molar-refractivity contribution in [2.75, 3.05) is 37.8 Å². The third-order valence-electron chi connectivity index (χ3n) is 3.90. The van der Waals surface area contributed by atoms with Crippen molar-refractivity contribution in [1.29, 1.82) is 0 Å². The van der Waals surface area contributed by atoms with Crippen LogP contribution in [0, 0.1) is 0 Å². The molecule has 0 bridgehead atoms. The first-order valence-electron chi connectivity index (χ1n) is 6.23. The van der Waals surface area contributed by atoms with Crippen LogP contribution in [0.25, 0.3) is 0 Å². The fourth-order valence-corrected chi connectivity index (χ4v) is 2.80. The summed E-state index contributed by atoms with van der Waals surface area (Å²) in [6, 6.07) is 4.06. The lowest BCUT2D eigenvalue weighted by Crippen LogP contribution is -2.26. The molecule has 2 heterocycles. The molecule has 1 aromatic rings. The van der Waals surface area contributed by atoms with E-state index in [9.17, 15) is 0 Å². The van der Waals surface area contributed by atoms with Crippen molar-refractivity contribution in [3.63, 3.8) is 0 Å². The molecule has 2 aliphatic rings. The van der Waals surface area contributed by atoms with Crippen LogP contribution in [0.3, 0.4) is 0 Å². The molecule has 0 saturated carbocycles. The van der Waals surface area contributed by atoms with Crippen LogP contribution in [0.1, 0.15) is 29.4 Å². The molecule has 2 aliphatic heterocycles. The molecule has 4 nitrogen and oxygen atoms in total. The maximum atomic E-state index is 6.31. The monoisotopic (exact) mass is 233 g/mol. The van der Waals surface area contributed by atoms with Crippen molar-refractivity contribution < 1.29 is 4.74 Å². The Morgan fingerprint density at radius 3 is 2.59 bits per heavy atom. The normalized spacial score (nSPS) is 24.8. The van der Waals surface area contributed by atoms with Crippen LogP contribution in [-0.2, 0) is 4.74 Å². The van der Waals surface area contributed by atoms with E-state index in [1.54, 1.807) is 0 Å². The van der Waals surface area contributed by atoms with E-state index in [2.05, 4.69) is 11.4 Å². The largest absolute Gasteiger partial charge is 0.398 e. The van der Waals surface area contributed by atoms with Gasteiger partial charge in [0.15, 0.2) is 0 Å². The van der Waals surface area contributed by atoms with Crippen molar-refractivity contribution in [3.8, 4) is 0 Å². The fraction of sp³-hybridized carbons (Fsp3) is 0.538. The minimum atomic E-state index is 0.462. The highest BCUT2D eigenvalue weighted by molar-refractivity contribution is 5.68. The molecule has 4 heteroatoms. The van der Waals surface area contributed by atoms with Crippen LogP contribution in [0.5, 0.6) is 0 Å². The van der Waals surface area contributed by atoms with E-state index in [-0.39, 0.29) is 0 Å². The Bertz CT molecular complexity index is 423. The van der Waals surface area contributed by atoms with Crippen LogP contribution in [-0.4, -0.2) is 26.3 Å². The molecule has 2 fully saturated rings. The SMILES string of the molecule is Nc1ccc(C2COC2)c(N)c1C1CCNC1. The molecular formula is C13H19N3O. The molecule has 92 valence electrons. The zero-order valence-corrected chi connectivity index (χ0v) is 9.91. The first-order chi connectivity index (χ1) is 8.27. The lowest BCUT2D eigenvalue weighted by atomic mass is 9.87. The summed E-state index contributed by atoms with van der Waals surface area (Å²) in [4.78, 5) is 0. The number of rotatable bonds is 2. The predicted octanol–water partition coefficient (Wildman–Crippen LogP) is 1.04. The van der Waals surface area contributed by atoms with Gasteiger partial charge in [-0.15, -0.1) is 0 Å². The second-order valence-electron chi connectivity index (χ2n) is 5.00. The Morgan fingerprint density at radius 1 is 1.18 bits per heavy atom. The quantitative estimate of drug-likeness (QED) is 0.667. The topological polar surface area (TPSA) is 73.3 Å². The van der Waals surface area contributed by atoms with Gasteiger partial charge in [-0.3, -0.25) is 0 Å². The lowest BCUT2D eigenvalue weighted by molar-refractivity contribution is 0.00869. The summed E-state index contributed by atoms with van der Waals surface area (Å²) in [7, 11) is 0. The molecule has 1 unspecified atom stereocenters. The third-order valence-corrected chi connectivity index (χ3v) is 3.90. The van der Waals surface area contributed by atoms with Gasteiger partial charge in [0, 0.05) is 35.3 Å². The Balaban J connectivity index is 1.99. The standard InChI is InChI=1S/C13H19N3O/c14-11-2-1-10(9-6-17-7-9)13(15)12(11)8-3-4-16-5-8/h1-2,8-9,16H,3-7,14-15H2. The van der Waals surface area contributed by atoms with E-state index >= 15 is 0 Å². The Kier molecular flexibility index (Phi) is 2.68. The number of benzene rings is 1. The average Bonchev–Trinajstić information content (AvgIpc) is 2.73. The summed E-state index contributed by atoms with van der Waals surface area (Å²) in [6.07, 6.45) is 1.12. The van der Waals surface area contributed by atoms with Gasteiger partial charge >= 0.3 is 0 Å². The van der Waals surface area contributed by atoms with Crippen molar-refractivity contribution >= 4 is 11.4 Å². The molecule has 0 radical (unpaired) electrons. The Hall–Kier alpha value is -1.26. The summed E-state index contributed by atoms with van der Waals surface area (Å²) in [5, 5.41) is 3.37. The molecule has 5 N–H and O–H groups in total. The van der Waals surface area contributed by atoms with Gasteiger partial charge < -0.3 is 21.5 Å². The molecule has 17 heavy (non-hydrogen) atoms. The lowest BCUT2D eigenvalue weighted by Gasteiger charge is -2.29. The smallest absolute Gasteiger partial charge is 0.0558 e. The third kappa shape index (κ3) is 1.77. The molecule has 0 amide bonds. The minimum absolute atomic E-state index is 0.462. The van der Waals surface area contributed by atoms with E-state index in [1.165, 1.54) is 5.56 Å². The van der Waals surface area contributed by atoms with Gasteiger partial charge in [-0.2, -0.15) is 0 Å². The number of hydrogen-bond donors (Lipinski definition) is 3. The summed E-state index contributed by atoms with van der Waals surface area (Å²) >= 11 is 0. The molecule has 2 saturated heterocycles. The number of hydrogen-bond acceptors (Lipinski definition) is 4. The zero-order chi connectivity index (χ0) is 11.8. The van der Waals surface area contributed by atoms with Crippen LogP contribution in [0.2, 0.25) is 0 Å².